The quantitative estimate of drug-likeness (QED) is 0.744. The maximum Gasteiger partial charge on any atom is 0.179 e. The number of aromatic nitrogens is 3. The summed E-state index contributed by atoms with van der Waals surface area (Å²) in [6, 6.07) is 8.11. The number of nitrogens with one attached hydrogen (secondary N) is 2. The molecule has 0 aliphatic rings. The Morgan fingerprint density at radius 1 is 1.29 bits per heavy atom. The van der Waals surface area contributed by atoms with Crippen LogP contribution in [0.1, 0.15) is 10.7 Å². The molecule has 0 radical (unpaired) electrons. The van der Waals surface area contributed by atoms with E-state index in [2.05, 4.69) is 37.8 Å². The van der Waals surface area contributed by atoms with E-state index in [4.69, 9.17) is 0 Å². The fourth-order valence-corrected chi connectivity index (χ4v) is 2.45. The molecule has 86 valence electrons. The second kappa shape index (κ2) is 4.18. The van der Waals surface area contributed by atoms with Crippen LogP contribution in [0.15, 0.2) is 29.6 Å². The van der Waals surface area contributed by atoms with Crippen LogP contribution in [0.5, 0.6) is 0 Å². The summed E-state index contributed by atoms with van der Waals surface area (Å²) in [4.78, 5) is 13.5. The van der Waals surface area contributed by atoms with Gasteiger partial charge in [0.2, 0.25) is 0 Å². The van der Waals surface area contributed by atoms with Gasteiger partial charge < -0.3 is 10.3 Å². The number of fused-ring (bicyclic) bond motifs is 1. The molecule has 5 heteroatoms. The maximum absolute atomic E-state index is 4.50. The monoisotopic (exact) mass is 244 g/mol. The summed E-state index contributed by atoms with van der Waals surface area (Å²) in [5.74, 6) is 1.80. The average Bonchev–Trinajstić information content (AvgIpc) is 2.96. The Hall–Kier alpha value is -1.88. The van der Waals surface area contributed by atoms with Gasteiger partial charge in [0.25, 0.3) is 0 Å². The van der Waals surface area contributed by atoms with Crippen LogP contribution in [0.2, 0.25) is 0 Å². The molecule has 0 saturated carbocycles. The fourth-order valence-electron chi connectivity index (χ4n) is 1.74. The lowest BCUT2D eigenvalue weighted by Gasteiger charge is -1.95. The predicted molar refractivity (Wildman–Crippen MR) is 70.6 cm³/mol. The molecule has 0 aromatic carbocycles. The lowest BCUT2D eigenvalue weighted by atomic mass is 10.3. The smallest absolute Gasteiger partial charge is 0.179 e. The highest BCUT2D eigenvalue weighted by molar-refractivity contribution is 7.09. The van der Waals surface area contributed by atoms with Crippen LogP contribution >= 0.6 is 11.3 Å². The van der Waals surface area contributed by atoms with Crippen molar-refractivity contribution in [2.45, 2.75) is 6.42 Å². The Labute approximate surface area is 103 Å². The minimum Gasteiger partial charge on any atom is -0.373 e. The van der Waals surface area contributed by atoms with Crippen LogP contribution in [0.25, 0.3) is 11.2 Å². The summed E-state index contributed by atoms with van der Waals surface area (Å²) in [6.07, 6.45) is 0.836. The zero-order valence-electron chi connectivity index (χ0n) is 9.40. The van der Waals surface area contributed by atoms with Crippen LogP contribution in [-0.2, 0) is 6.42 Å². The lowest BCUT2D eigenvalue weighted by Crippen LogP contribution is -1.91. The van der Waals surface area contributed by atoms with E-state index < -0.39 is 0 Å². The van der Waals surface area contributed by atoms with E-state index in [1.54, 1.807) is 11.3 Å². The Kier molecular flexibility index (Phi) is 2.53. The lowest BCUT2D eigenvalue weighted by molar-refractivity contribution is 1.05. The molecule has 0 spiro atoms. The van der Waals surface area contributed by atoms with E-state index in [-0.39, 0.29) is 0 Å². The molecular weight excluding hydrogens is 232 g/mol. The molecule has 0 aliphatic heterocycles. The van der Waals surface area contributed by atoms with Gasteiger partial charge >= 0.3 is 0 Å². The molecule has 2 N–H and O–H groups in total. The number of thiophene rings is 1. The van der Waals surface area contributed by atoms with E-state index >= 15 is 0 Å². The second-order valence-corrected chi connectivity index (χ2v) is 4.79. The number of anilines is 1. The van der Waals surface area contributed by atoms with Crippen LogP contribution in [-0.4, -0.2) is 22.0 Å². The molecule has 3 rings (SSSR count). The average molecular weight is 244 g/mol. The minimum absolute atomic E-state index is 0.767. The van der Waals surface area contributed by atoms with Crippen LogP contribution < -0.4 is 5.32 Å². The van der Waals surface area contributed by atoms with E-state index in [9.17, 15) is 0 Å². The van der Waals surface area contributed by atoms with Crippen molar-refractivity contribution in [3.05, 3.63) is 40.3 Å². The van der Waals surface area contributed by atoms with Gasteiger partial charge in [-0.25, -0.2) is 9.97 Å². The highest BCUT2D eigenvalue weighted by Crippen LogP contribution is 2.16. The highest BCUT2D eigenvalue weighted by Gasteiger charge is 2.05. The van der Waals surface area contributed by atoms with Crippen molar-refractivity contribution in [3.63, 3.8) is 0 Å². The first-order valence-corrected chi connectivity index (χ1v) is 6.29. The first-order valence-electron chi connectivity index (χ1n) is 5.41. The first-order chi connectivity index (χ1) is 8.35. The van der Waals surface area contributed by atoms with E-state index in [1.165, 1.54) is 4.88 Å². The number of nitrogens with zero attached hydrogens (tertiary/aromatic N) is 2. The van der Waals surface area contributed by atoms with Crippen molar-refractivity contribution in [2.24, 2.45) is 0 Å². The molecule has 3 aromatic rings. The van der Waals surface area contributed by atoms with E-state index in [0.29, 0.717) is 0 Å². The molecule has 4 nitrogen and oxygen atoms in total. The van der Waals surface area contributed by atoms with Crippen molar-refractivity contribution >= 4 is 28.3 Å². The molecule has 0 saturated heterocycles. The predicted octanol–water partition coefficient (Wildman–Crippen LogP) is 2.65. The van der Waals surface area contributed by atoms with Crippen molar-refractivity contribution < 1.29 is 0 Å². The van der Waals surface area contributed by atoms with Gasteiger partial charge in [0.1, 0.15) is 11.6 Å². The molecule has 0 bridgehead atoms. The van der Waals surface area contributed by atoms with Gasteiger partial charge in [-0.15, -0.1) is 11.3 Å². The molecule has 0 unspecified atom stereocenters. The Morgan fingerprint density at radius 3 is 3.00 bits per heavy atom. The third-order valence-electron chi connectivity index (χ3n) is 2.57. The van der Waals surface area contributed by atoms with Crippen molar-refractivity contribution in [1.82, 2.24) is 15.0 Å². The third kappa shape index (κ3) is 2.01. The molecule has 17 heavy (non-hydrogen) atoms. The van der Waals surface area contributed by atoms with Crippen LogP contribution in [0.4, 0.5) is 5.82 Å². The Balaban J connectivity index is 1.96. The summed E-state index contributed by atoms with van der Waals surface area (Å²) in [5.41, 5.74) is 1.75. The Morgan fingerprint density at radius 2 is 2.24 bits per heavy atom. The van der Waals surface area contributed by atoms with Crippen LogP contribution in [0, 0.1) is 0 Å². The fraction of sp³-hybridized carbons (Fsp3) is 0.167. The Bertz CT molecular complexity index is 627. The van der Waals surface area contributed by atoms with E-state index in [0.717, 1.165) is 29.2 Å². The van der Waals surface area contributed by atoms with Crippen LogP contribution in [0.3, 0.4) is 0 Å². The SMILES string of the molecule is CNc1ccc2[nH]c(Cc3cccs3)nc2n1. The number of rotatable bonds is 3. The van der Waals surface area contributed by atoms with Crippen molar-refractivity contribution in [3.8, 4) is 0 Å². The highest BCUT2D eigenvalue weighted by atomic mass is 32.1. The number of imidazole rings is 1. The number of hydrogen-bond donors (Lipinski definition) is 2. The molecule has 0 aliphatic carbocycles. The molecule has 0 atom stereocenters. The van der Waals surface area contributed by atoms with Crippen molar-refractivity contribution in [1.29, 1.82) is 0 Å². The largest absolute Gasteiger partial charge is 0.373 e. The summed E-state index contributed by atoms with van der Waals surface area (Å²) in [7, 11) is 1.85. The topological polar surface area (TPSA) is 53.6 Å². The van der Waals surface area contributed by atoms with Gasteiger partial charge in [-0.1, -0.05) is 6.07 Å². The van der Waals surface area contributed by atoms with Gasteiger partial charge in [-0.2, -0.15) is 0 Å². The normalized spacial score (nSPS) is 10.9. The minimum atomic E-state index is 0.767. The summed E-state index contributed by atoms with van der Waals surface area (Å²) < 4.78 is 0. The van der Waals surface area contributed by atoms with Gasteiger partial charge in [0, 0.05) is 18.3 Å². The molecule has 0 amide bonds. The molecule has 3 heterocycles. The van der Waals surface area contributed by atoms with E-state index in [1.807, 2.05) is 19.2 Å². The molecule has 3 aromatic heterocycles. The first kappa shape index (κ1) is 10.3. The molecular formula is C12H12N4S. The third-order valence-corrected chi connectivity index (χ3v) is 3.45. The number of hydrogen-bond acceptors (Lipinski definition) is 4. The van der Waals surface area contributed by atoms with Gasteiger partial charge in [-0.3, -0.25) is 0 Å². The maximum atomic E-state index is 4.50. The zero-order valence-corrected chi connectivity index (χ0v) is 10.2. The summed E-state index contributed by atoms with van der Waals surface area (Å²) >= 11 is 1.74. The zero-order chi connectivity index (χ0) is 11.7. The number of pyridine rings is 1. The standard InChI is InChI=1S/C12H12N4S/c1-13-10-5-4-9-12(15-10)16-11(14-9)7-8-3-2-6-17-8/h2-6H,7H2,1H3,(H2,13,14,15,16). The van der Waals surface area contributed by atoms with Gasteiger partial charge in [-0.05, 0) is 23.6 Å². The second-order valence-electron chi connectivity index (χ2n) is 3.76. The number of aromatic amines is 1. The summed E-state index contributed by atoms with van der Waals surface area (Å²) in [6.45, 7) is 0. The van der Waals surface area contributed by atoms with Gasteiger partial charge in [0.05, 0.1) is 5.52 Å². The van der Waals surface area contributed by atoms with Crippen molar-refractivity contribution in [2.75, 3.05) is 12.4 Å². The summed E-state index contributed by atoms with van der Waals surface area (Å²) in [5, 5.41) is 5.09. The van der Waals surface area contributed by atoms with Gasteiger partial charge in [0.15, 0.2) is 5.65 Å². The molecule has 0 fully saturated rings. The number of H-pyrrole nitrogens is 1.